The third-order valence-corrected chi connectivity index (χ3v) is 11.3. The van der Waals surface area contributed by atoms with Gasteiger partial charge in [-0.05, 0) is 79.4 Å². The molecule has 1 heteroatoms. The molecule has 0 aromatic rings. The van der Waals surface area contributed by atoms with Crippen molar-refractivity contribution >= 4 is 0 Å². The van der Waals surface area contributed by atoms with Crippen LogP contribution in [0.4, 0.5) is 0 Å². The standard InChI is InChI=1S/C34H64O/c1-4-7-9-12-27-14-16-28(17-15-27)18-19-30-21-23-34(32(6-3)26-30)33-22-20-29(25-31(33)5-2)13-10-8-11-24-35/h27-35H,4-26H2,1-3H3. The highest BCUT2D eigenvalue weighted by Gasteiger charge is 2.40. The lowest BCUT2D eigenvalue weighted by atomic mass is 9.59. The van der Waals surface area contributed by atoms with E-state index in [0.717, 1.165) is 53.8 Å². The normalized spacial score (nSPS) is 36.3. The molecular weight excluding hydrogens is 424 g/mol. The van der Waals surface area contributed by atoms with E-state index in [1.165, 1.54) is 77.0 Å². The molecule has 0 spiro atoms. The Hall–Kier alpha value is -0.0400. The van der Waals surface area contributed by atoms with Crippen LogP contribution in [0.1, 0.15) is 162 Å². The van der Waals surface area contributed by atoms with E-state index >= 15 is 0 Å². The van der Waals surface area contributed by atoms with Crippen LogP contribution in [0.5, 0.6) is 0 Å². The van der Waals surface area contributed by atoms with Gasteiger partial charge in [-0.15, -0.1) is 0 Å². The van der Waals surface area contributed by atoms with Gasteiger partial charge in [-0.3, -0.25) is 0 Å². The third-order valence-electron chi connectivity index (χ3n) is 11.3. The molecular formula is C34H64O. The van der Waals surface area contributed by atoms with Crippen molar-refractivity contribution in [1.29, 1.82) is 0 Å². The van der Waals surface area contributed by atoms with Crippen molar-refractivity contribution in [2.45, 2.75) is 162 Å². The van der Waals surface area contributed by atoms with Gasteiger partial charge in [0.2, 0.25) is 0 Å². The molecule has 0 radical (unpaired) electrons. The summed E-state index contributed by atoms with van der Waals surface area (Å²) in [5.74, 6) is 8.23. The van der Waals surface area contributed by atoms with E-state index in [1.54, 1.807) is 57.8 Å². The molecule has 0 aromatic carbocycles. The molecule has 3 fully saturated rings. The number of unbranched alkanes of at least 4 members (excludes halogenated alkanes) is 4. The molecule has 0 aromatic heterocycles. The molecule has 0 bridgehead atoms. The summed E-state index contributed by atoms with van der Waals surface area (Å²) in [6.07, 6.45) is 32.2. The number of aliphatic hydroxyl groups is 1. The Morgan fingerprint density at radius 2 is 0.943 bits per heavy atom. The van der Waals surface area contributed by atoms with Gasteiger partial charge in [0.25, 0.3) is 0 Å². The number of rotatable bonds is 15. The first-order chi connectivity index (χ1) is 17.2. The Bertz CT molecular complexity index is 521. The van der Waals surface area contributed by atoms with E-state index in [1.807, 2.05) is 0 Å². The summed E-state index contributed by atoms with van der Waals surface area (Å²) >= 11 is 0. The second kappa shape index (κ2) is 16.7. The molecule has 35 heavy (non-hydrogen) atoms. The van der Waals surface area contributed by atoms with E-state index in [4.69, 9.17) is 5.11 Å². The first kappa shape index (κ1) is 29.5. The maximum Gasteiger partial charge on any atom is 0.0431 e. The van der Waals surface area contributed by atoms with Crippen molar-refractivity contribution in [1.82, 2.24) is 0 Å². The second-order valence-corrected chi connectivity index (χ2v) is 13.6. The minimum Gasteiger partial charge on any atom is -0.396 e. The zero-order valence-electron chi connectivity index (χ0n) is 24.3. The number of hydrogen-bond acceptors (Lipinski definition) is 1. The topological polar surface area (TPSA) is 20.2 Å². The Morgan fingerprint density at radius 3 is 1.49 bits per heavy atom. The molecule has 6 atom stereocenters. The van der Waals surface area contributed by atoms with Crippen LogP contribution in [0.25, 0.3) is 0 Å². The monoisotopic (exact) mass is 488 g/mol. The van der Waals surface area contributed by atoms with E-state index in [2.05, 4.69) is 20.8 Å². The Morgan fingerprint density at radius 1 is 0.486 bits per heavy atom. The summed E-state index contributed by atoms with van der Waals surface area (Å²) in [5, 5.41) is 9.07. The molecule has 0 amide bonds. The van der Waals surface area contributed by atoms with E-state index in [0.29, 0.717) is 6.61 Å². The molecule has 3 aliphatic carbocycles. The highest BCUT2D eigenvalue weighted by molar-refractivity contribution is 4.90. The van der Waals surface area contributed by atoms with Gasteiger partial charge in [0, 0.05) is 6.61 Å². The molecule has 6 unspecified atom stereocenters. The van der Waals surface area contributed by atoms with E-state index in [-0.39, 0.29) is 0 Å². The fourth-order valence-electron chi connectivity index (χ4n) is 9.04. The highest BCUT2D eigenvalue weighted by Crippen LogP contribution is 2.50. The Balaban J connectivity index is 1.38. The van der Waals surface area contributed by atoms with Crippen molar-refractivity contribution in [3.05, 3.63) is 0 Å². The predicted octanol–water partition coefficient (Wildman–Crippen LogP) is 10.6. The van der Waals surface area contributed by atoms with Crippen molar-refractivity contribution in [2.24, 2.45) is 47.3 Å². The van der Waals surface area contributed by atoms with Crippen molar-refractivity contribution in [3.8, 4) is 0 Å². The molecule has 0 aliphatic heterocycles. The lowest BCUT2D eigenvalue weighted by molar-refractivity contribution is 0.0374. The minimum atomic E-state index is 0.381. The summed E-state index contributed by atoms with van der Waals surface area (Å²) in [6, 6.07) is 0. The highest BCUT2D eigenvalue weighted by atomic mass is 16.2. The summed E-state index contributed by atoms with van der Waals surface area (Å²) in [4.78, 5) is 0. The van der Waals surface area contributed by atoms with Crippen LogP contribution in [0.15, 0.2) is 0 Å². The average Bonchev–Trinajstić information content (AvgIpc) is 2.90. The third kappa shape index (κ3) is 9.65. The largest absolute Gasteiger partial charge is 0.396 e. The van der Waals surface area contributed by atoms with Gasteiger partial charge < -0.3 is 5.11 Å². The summed E-state index contributed by atoms with van der Waals surface area (Å²) in [6.45, 7) is 7.71. The molecule has 1 nitrogen and oxygen atoms in total. The zero-order valence-corrected chi connectivity index (χ0v) is 24.3. The first-order valence-electron chi connectivity index (χ1n) is 16.8. The molecule has 3 rings (SSSR count). The van der Waals surface area contributed by atoms with Crippen LogP contribution in [0, 0.1) is 47.3 Å². The van der Waals surface area contributed by atoms with Crippen LogP contribution < -0.4 is 0 Å². The first-order valence-corrected chi connectivity index (χ1v) is 16.8. The minimum absolute atomic E-state index is 0.381. The summed E-state index contributed by atoms with van der Waals surface area (Å²) < 4.78 is 0. The summed E-state index contributed by atoms with van der Waals surface area (Å²) in [5.41, 5.74) is 0. The molecule has 0 saturated heterocycles. The maximum atomic E-state index is 9.07. The van der Waals surface area contributed by atoms with Crippen LogP contribution in [0.3, 0.4) is 0 Å². The molecule has 3 saturated carbocycles. The SMILES string of the molecule is CCCCCC1CCC(CCC2CCC(C3CCC(CCCCCO)CC3CC)C(CC)C2)CC1. The van der Waals surface area contributed by atoms with Crippen LogP contribution in [-0.2, 0) is 0 Å². The van der Waals surface area contributed by atoms with Gasteiger partial charge in [0.15, 0.2) is 0 Å². The van der Waals surface area contributed by atoms with Gasteiger partial charge in [-0.25, -0.2) is 0 Å². The number of hydrogen-bond donors (Lipinski definition) is 1. The molecule has 3 aliphatic rings. The fraction of sp³-hybridized carbons (Fsp3) is 1.00. The van der Waals surface area contributed by atoms with Crippen molar-refractivity contribution < 1.29 is 5.11 Å². The van der Waals surface area contributed by atoms with Crippen molar-refractivity contribution in [3.63, 3.8) is 0 Å². The second-order valence-electron chi connectivity index (χ2n) is 13.6. The van der Waals surface area contributed by atoms with Gasteiger partial charge in [0.1, 0.15) is 0 Å². The lowest BCUT2D eigenvalue weighted by Gasteiger charge is -2.46. The van der Waals surface area contributed by atoms with Gasteiger partial charge >= 0.3 is 0 Å². The lowest BCUT2D eigenvalue weighted by Crippen LogP contribution is -2.37. The average molecular weight is 489 g/mol. The fourth-order valence-corrected chi connectivity index (χ4v) is 9.04. The van der Waals surface area contributed by atoms with E-state index in [9.17, 15) is 0 Å². The van der Waals surface area contributed by atoms with E-state index < -0.39 is 0 Å². The molecule has 1 N–H and O–H groups in total. The van der Waals surface area contributed by atoms with Crippen LogP contribution >= 0.6 is 0 Å². The maximum absolute atomic E-state index is 9.07. The van der Waals surface area contributed by atoms with Crippen LogP contribution in [0.2, 0.25) is 0 Å². The molecule has 0 heterocycles. The predicted molar refractivity (Wildman–Crippen MR) is 154 cm³/mol. The smallest absolute Gasteiger partial charge is 0.0431 e. The van der Waals surface area contributed by atoms with Gasteiger partial charge in [0.05, 0.1) is 0 Å². The van der Waals surface area contributed by atoms with Gasteiger partial charge in [-0.1, -0.05) is 130 Å². The Labute approximate surface area is 221 Å². The molecule has 206 valence electrons. The number of aliphatic hydroxyl groups excluding tert-OH is 1. The Kier molecular flexibility index (Phi) is 14.1. The quantitative estimate of drug-likeness (QED) is 0.227. The van der Waals surface area contributed by atoms with Gasteiger partial charge in [-0.2, -0.15) is 0 Å². The van der Waals surface area contributed by atoms with Crippen LogP contribution in [-0.4, -0.2) is 11.7 Å². The summed E-state index contributed by atoms with van der Waals surface area (Å²) in [7, 11) is 0. The zero-order chi connectivity index (χ0) is 24.9. The van der Waals surface area contributed by atoms with Crippen molar-refractivity contribution in [2.75, 3.05) is 6.61 Å².